The Morgan fingerprint density at radius 2 is 1.65 bits per heavy atom. The number of nitrogens with zero attached hydrogens (tertiary/aromatic N) is 2. The molecule has 0 saturated carbocycles. The molecule has 0 saturated heterocycles. The lowest BCUT2D eigenvalue weighted by atomic mass is 10.2. The van der Waals surface area contributed by atoms with Crippen LogP contribution in [-0.2, 0) is 6.18 Å². The van der Waals surface area contributed by atoms with Crippen LogP contribution in [0, 0.1) is 0 Å². The van der Waals surface area contributed by atoms with Crippen LogP contribution >= 0.6 is 0 Å². The Morgan fingerprint density at radius 1 is 0.962 bits per heavy atom. The van der Waals surface area contributed by atoms with Crippen LogP contribution in [0.5, 0.6) is 5.88 Å². The van der Waals surface area contributed by atoms with E-state index in [-0.39, 0.29) is 11.7 Å². The maximum Gasteiger partial charge on any atom is 0.416 e. The van der Waals surface area contributed by atoms with Crippen LogP contribution in [0.15, 0.2) is 67.0 Å². The average molecular weight is 359 g/mol. The topological polar surface area (TPSA) is 64.1 Å². The highest BCUT2D eigenvalue weighted by Gasteiger charge is 2.29. The van der Waals surface area contributed by atoms with Gasteiger partial charge in [-0.3, -0.25) is 0 Å². The maximum absolute atomic E-state index is 12.6. The van der Waals surface area contributed by atoms with E-state index in [1.165, 1.54) is 24.5 Å². The summed E-state index contributed by atoms with van der Waals surface area (Å²) in [5, 5.41) is 2.83. The number of aromatic nitrogens is 2. The third kappa shape index (κ3) is 4.35. The first-order valence-electron chi connectivity index (χ1n) is 7.45. The highest BCUT2D eigenvalue weighted by atomic mass is 19.4. The van der Waals surface area contributed by atoms with Gasteiger partial charge in [0.15, 0.2) is 0 Å². The van der Waals surface area contributed by atoms with E-state index in [9.17, 15) is 18.0 Å². The molecule has 8 heteroatoms. The largest absolute Gasteiger partial charge is 0.416 e. The Bertz CT molecular complexity index is 898. The molecule has 0 aliphatic rings. The minimum atomic E-state index is -4.40. The van der Waals surface area contributed by atoms with Gasteiger partial charge in [0.2, 0.25) is 5.88 Å². The minimum absolute atomic E-state index is 0.0169. The molecule has 0 spiro atoms. The number of anilines is 2. The number of halogens is 3. The fourth-order valence-electron chi connectivity index (χ4n) is 2.08. The van der Waals surface area contributed by atoms with Crippen molar-refractivity contribution in [3.63, 3.8) is 0 Å². The van der Waals surface area contributed by atoms with Gasteiger partial charge >= 0.3 is 12.1 Å². The number of hydrogen-bond acceptors (Lipinski definition) is 5. The zero-order valence-corrected chi connectivity index (χ0v) is 13.2. The predicted octanol–water partition coefficient (Wildman–Crippen LogP) is 4.46. The van der Waals surface area contributed by atoms with Crippen LogP contribution in [0.1, 0.15) is 15.9 Å². The number of rotatable bonds is 4. The summed E-state index contributed by atoms with van der Waals surface area (Å²) < 4.78 is 42.9. The molecule has 26 heavy (non-hydrogen) atoms. The van der Waals surface area contributed by atoms with Gasteiger partial charge in [-0.2, -0.15) is 13.2 Å². The number of nitrogens with one attached hydrogen (secondary N) is 1. The summed E-state index contributed by atoms with van der Waals surface area (Å²) in [7, 11) is 0. The first-order valence-corrected chi connectivity index (χ1v) is 7.45. The first kappa shape index (κ1) is 17.4. The average Bonchev–Trinajstić information content (AvgIpc) is 2.62. The predicted molar refractivity (Wildman–Crippen MR) is 88.2 cm³/mol. The second kappa shape index (κ2) is 7.22. The summed E-state index contributed by atoms with van der Waals surface area (Å²) in [6.07, 6.45) is -3.22. The number of ether oxygens (including phenoxy) is 1. The van der Waals surface area contributed by atoms with Crippen LogP contribution in [0.4, 0.5) is 24.7 Å². The summed E-state index contributed by atoms with van der Waals surface area (Å²) in [4.78, 5) is 19.8. The van der Waals surface area contributed by atoms with E-state index in [4.69, 9.17) is 4.74 Å². The van der Waals surface area contributed by atoms with Gasteiger partial charge in [-0.05, 0) is 36.4 Å². The van der Waals surface area contributed by atoms with Crippen molar-refractivity contribution in [2.24, 2.45) is 0 Å². The van der Waals surface area contributed by atoms with Crippen LogP contribution in [0.3, 0.4) is 0 Å². The summed E-state index contributed by atoms with van der Waals surface area (Å²) in [6.45, 7) is 0. The van der Waals surface area contributed by atoms with Crippen molar-refractivity contribution >= 4 is 17.5 Å². The van der Waals surface area contributed by atoms with Gasteiger partial charge in [-0.25, -0.2) is 14.8 Å². The van der Waals surface area contributed by atoms with Crippen LogP contribution in [0.2, 0.25) is 0 Å². The van der Waals surface area contributed by atoms with Gasteiger partial charge < -0.3 is 10.1 Å². The first-order chi connectivity index (χ1) is 12.4. The fourth-order valence-corrected chi connectivity index (χ4v) is 2.08. The molecule has 0 radical (unpaired) electrons. The van der Waals surface area contributed by atoms with Crippen molar-refractivity contribution in [1.82, 2.24) is 9.97 Å². The molecule has 0 bridgehead atoms. The van der Waals surface area contributed by atoms with E-state index in [1.54, 1.807) is 30.3 Å². The summed E-state index contributed by atoms with van der Waals surface area (Å²) in [5.41, 5.74) is 0.0172. The van der Waals surface area contributed by atoms with Gasteiger partial charge in [0.25, 0.3) is 0 Å². The Morgan fingerprint density at radius 3 is 2.31 bits per heavy atom. The maximum atomic E-state index is 12.6. The number of esters is 1. The van der Waals surface area contributed by atoms with Crippen molar-refractivity contribution in [3.05, 3.63) is 78.1 Å². The molecule has 5 nitrogen and oxygen atoms in total. The highest BCUT2D eigenvalue weighted by molar-refractivity contribution is 5.90. The second-order valence-electron chi connectivity index (χ2n) is 5.20. The standard InChI is InChI=1S/C18H12F3N3O2/c19-18(20,21)13-6-8-14(9-7-13)24-15-10-16(23-11-22-15)26-17(25)12-4-2-1-3-5-12/h1-11H,(H,22,23,24). The molecule has 0 fully saturated rings. The SMILES string of the molecule is O=C(Oc1cc(Nc2ccc(C(F)(F)F)cc2)ncn1)c1ccccc1. The molecule has 0 aliphatic heterocycles. The molecule has 0 amide bonds. The molecule has 0 unspecified atom stereocenters. The second-order valence-corrected chi connectivity index (χ2v) is 5.20. The third-order valence-corrected chi connectivity index (χ3v) is 3.33. The van der Waals surface area contributed by atoms with E-state index in [0.29, 0.717) is 11.3 Å². The lowest BCUT2D eigenvalue weighted by molar-refractivity contribution is -0.137. The molecule has 0 aliphatic carbocycles. The van der Waals surface area contributed by atoms with E-state index < -0.39 is 17.7 Å². The van der Waals surface area contributed by atoms with E-state index in [0.717, 1.165) is 12.1 Å². The molecule has 1 heterocycles. The van der Waals surface area contributed by atoms with Gasteiger partial charge in [-0.1, -0.05) is 18.2 Å². The molecule has 1 aromatic heterocycles. The smallest absolute Gasteiger partial charge is 0.404 e. The van der Waals surface area contributed by atoms with Crippen LogP contribution in [0.25, 0.3) is 0 Å². The number of hydrogen-bond donors (Lipinski definition) is 1. The summed E-state index contributed by atoms with van der Waals surface area (Å²) >= 11 is 0. The van der Waals surface area contributed by atoms with Crippen molar-refractivity contribution < 1.29 is 22.7 Å². The van der Waals surface area contributed by atoms with E-state index in [2.05, 4.69) is 15.3 Å². The van der Waals surface area contributed by atoms with Crippen molar-refractivity contribution in [3.8, 4) is 5.88 Å². The lowest BCUT2D eigenvalue weighted by Crippen LogP contribution is -2.09. The molecular formula is C18H12F3N3O2. The summed E-state index contributed by atoms with van der Waals surface area (Å²) in [5.74, 6) is -0.288. The van der Waals surface area contributed by atoms with E-state index in [1.807, 2.05) is 0 Å². The van der Waals surface area contributed by atoms with Gasteiger partial charge in [0.05, 0.1) is 11.1 Å². The normalized spacial score (nSPS) is 11.0. The Balaban J connectivity index is 1.70. The van der Waals surface area contributed by atoms with Crippen molar-refractivity contribution in [2.45, 2.75) is 6.18 Å². The molecule has 2 aromatic carbocycles. The van der Waals surface area contributed by atoms with Crippen molar-refractivity contribution in [1.29, 1.82) is 0 Å². The number of alkyl halides is 3. The molecule has 0 atom stereocenters. The highest BCUT2D eigenvalue weighted by Crippen LogP contribution is 2.30. The molecule has 3 aromatic rings. The number of carbonyl (C=O) groups excluding carboxylic acids is 1. The van der Waals surface area contributed by atoms with Gasteiger partial charge in [-0.15, -0.1) is 0 Å². The van der Waals surface area contributed by atoms with Gasteiger partial charge in [0, 0.05) is 11.8 Å². The number of benzene rings is 2. The quantitative estimate of drug-likeness (QED) is 0.697. The lowest BCUT2D eigenvalue weighted by Gasteiger charge is -2.09. The van der Waals surface area contributed by atoms with E-state index >= 15 is 0 Å². The Hall–Kier alpha value is -3.42. The third-order valence-electron chi connectivity index (χ3n) is 3.33. The zero-order chi connectivity index (χ0) is 18.6. The number of carbonyl (C=O) groups is 1. The monoisotopic (exact) mass is 359 g/mol. The van der Waals surface area contributed by atoms with Crippen molar-refractivity contribution in [2.75, 3.05) is 5.32 Å². The molecular weight excluding hydrogens is 347 g/mol. The zero-order valence-electron chi connectivity index (χ0n) is 13.2. The molecule has 3 rings (SSSR count). The molecule has 132 valence electrons. The summed E-state index contributed by atoms with van der Waals surface area (Å²) in [6, 6.07) is 14.2. The Labute approximate surface area is 146 Å². The Kier molecular flexibility index (Phi) is 4.83. The van der Waals surface area contributed by atoms with Crippen LogP contribution in [-0.4, -0.2) is 15.9 Å². The van der Waals surface area contributed by atoms with Crippen LogP contribution < -0.4 is 10.1 Å². The molecule has 1 N–H and O–H groups in total. The minimum Gasteiger partial charge on any atom is -0.404 e. The van der Waals surface area contributed by atoms with Gasteiger partial charge in [0.1, 0.15) is 12.1 Å². The fraction of sp³-hybridized carbons (Fsp3) is 0.0556.